The number of hydrogen-bond donors (Lipinski definition) is 4. The van der Waals surface area contributed by atoms with Crippen molar-refractivity contribution >= 4 is 11.9 Å². The molecule has 2 unspecified atom stereocenters. The lowest BCUT2D eigenvalue weighted by molar-refractivity contribution is -0.144. The number of aliphatic hydroxyl groups excluding tert-OH is 1. The van der Waals surface area contributed by atoms with Crippen LogP contribution < -0.4 is 5.73 Å². The highest BCUT2D eigenvalue weighted by Gasteiger charge is 2.17. The van der Waals surface area contributed by atoms with Crippen molar-refractivity contribution in [3.8, 4) is 0 Å². The van der Waals surface area contributed by atoms with E-state index in [0.29, 0.717) is 24.7 Å². The number of nitrogens with two attached hydrogens (primary N) is 1. The van der Waals surface area contributed by atoms with E-state index in [9.17, 15) is 9.59 Å². The van der Waals surface area contributed by atoms with Crippen LogP contribution in [0.15, 0.2) is 0 Å². The normalized spacial score (nSPS) is 13.6. The minimum absolute atomic E-state index is 0.244. The summed E-state index contributed by atoms with van der Waals surface area (Å²) < 4.78 is 0. The molecule has 0 fully saturated rings. The van der Waals surface area contributed by atoms with E-state index in [2.05, 4.69) is 0 Å². The molecule has 6 nitrogen and oxygen atoms in total. The van der Waals surface area contributed by atoms with Gasteiger partial charge in [-0.05, 0) is 24.7 Å². The first-order valence-electron chi connectivity index (χ1n) is 6.92. The second-order valence-electron chi connectivity index (χ2n) is 5.75. The zero-order valence-corrected chi connectivity index (χ0v) is 12.9. The molecule has 0 saturated heterocycles. The highest BCUT2D eigenvalue weighted by atomic mass is 16.4. The summed E-state index contributed by atoms with van der Waals surface area (Å²) in [6.45, 7) is 7.84. The van der Waals surface area contributed by atoms with Gasteiger partial charge < -0.3 is 21.1 Å². The molecule has 0 aromatic rings. The third-order valence-corrected chi connectivity index (χ3v) is 2.72. The van der Waals surface area contributed by atoms with Crippen LogP contribution in [-0.4, -0.2) is 40.4 Å². The smallest absolute Gasteiger partial charge is 0.308 e. The lowest BCUT2D eigenvalue weighted by atomic mass is 9.98. The van der Waals surface area contributed by atoms with Gasteiger partial charge in [0.05, 0.1) is 18.4 Å². The van der Waals surface area contributed by atoms with Crippen molar-refractivity contribution < 1.29 is 24.9 Å². The van der Waals surface area contributed by atoms with Gasteiger partial charge in [0.2, 0.25) is 0 Å². The van der Waals surface area contributed by atoms with Crippen molar-refractivity contribution in [3.63, 3.8) is 0 Å². The van der Waals surface area contributed by atoms with Gasteiger partial charge in [0.25, 0.3) is 0 Å². The molecule has 0 aromatic carbocycles. The SMILES string of the molecule is CC(C)CC(CN)C(=O)O.CC(C)CC(CO)C(=O)O. The Morgan fingerprint density at radius 3 is 1.35 bits per heavy atom. The van der Waals surface area contributed by atoms with Gasteiger partial charge in [-0.2, -0.15) is 0 Å². The van der Waals surface area contributed by atoms with Gasteiger partial charge in [-0.25, -0.2) is 0 Å². The number of carbonyl (C=O) groups is 2. The van der Waals surface area contributed by atoms with E-state index in [-0.39, 0.29) is 19.1 Å². The molecule has 0 rings (SSSR count). The molecule has 120 valence electrons. The summed E-state index contributed by atoms with van der Waals surface area (Å²) in [4.78, 5) is 20.7. The second kappa shape index (κ2) is 11.7. The average Bonchev–Trinajstić information content (AvgIpc) is 2.32. The monoisotopic (exact) mass is 291 g/mol. The molecule has 0 aliphatic rings. The van der Waals surface area contributed by atoms with E-state index in [1.54, 1.807) is 0 Å². The maximum atomic E-state index is 10.4. The van der Waals surface area contributed by atoms with E-state index >= 15 is 0 Å². The number of rotatable bonds is 8. The lowest BCUT2D eigenvalue weighted by Crippen LogP contribution is -2.24. The number of carboxylic acids is 2. The van der Waals surface area contributed by atoms with Gasteiger partial charge in [0, 0.05) is 6.54 Å². The van der Waals surface area contributed by atoms with Crippen LogP contribution in [0.25, 0.3) is 0 Å². The predicted octanol–water partition coefficient (Wildman–Crippen LogP) is 1.42. The molecule has 0 spiro atoms. The molecule has 0 saturated carbocycles. The molecule has 6 heteroatoms. The Labute approximate surface area is 121 Å². The Balaban J connectivity index is 0. The highest BCUT2D eigenvalue weighted by molar-refractivity contribution is 5.70. The Morgan fingerprint density at radius 2 is 1.25 bits per heavy atom. The van der Waals surface area contributed by atoms with E-state index < -0.39 is 17.9 Å². The molecule has 0 aromatic heterocycles. The summed E-state index contributed by atoms with van der Waals surface area (Å²) in [5, 5.41) is 25.6. The van der Waals surface area contributed by atoms with Crippen molar-refractivity contribution in [2.75, 3.05) is 13.2 Å². The molecular weight excluding hydrogens is 262 g/mol. The number of carboxylic acid groups (broad SMARTS) is 2. The largest absolute Gasteiger partial charge is 0.481 e. The predicted molar refractivity (Wildman–Crippen MR) is 77.3 cm³/mol. The fourth-order valence-corrected chi connectivity index (χ4v) is 1.69. The van der Waals surface area contributed by atoms with Gasteiger partial charge in [0.15, 0.2) is 0 Å². The van der Waals surface area contributed by atoms with Crippen molar-refractivity contribution in [1.29, 1.82) is 0 Å². The molecule has 2 atom stereocenters. The van der Waals surface area contributed by atoms with Crippen molar-refractivity contribution in [1.82, 2.24) is 0 Å². The Morgan fingerprint density at radius 1 is 0.900 bits per heavy atom. The minimum atomic E-state index is -0.906. The van der Waals surface area contributed by atoms with Crippen LogP contribution in [0.5, 0.6) is 0 Å². The van der Waals surface area contributed by atoms with E-state index in [0.717, 1.165) is 0 Å². The standard InChI is InChI=1S/C7H15NO2.C7H14O3/c2*1-5(2)3-6(4-8)7(9)10/h5-6H,3-4,8H2,1-2H3,(H,9,10);5-6,8H,3-4H2,1-2H3,(H,9,10). The van der Waals surface area contributed by atoms with Crippen molar-refractivity contribution in [2.24, 2.45) is 29.4 Å². The Bertz CT molecular complexity index is 251. The summed E-state index contributed by atoms with van der Waals surface area (Å²) in [7, 11) is 0. The first-order chi connectivity index (χ1) is 9.15. The van der Waals surface area contributed by atoms with Crippen molar-refractivity contribution in [3.05, 3.63) is 0 Å². The van der Waals surface area contributed by atoms with Crippen LogP contribution in [0.4, 0.5) is 0 Å². The number of aliphatic hydroxyl groups is 1. The quantitative estimate of drug-likeness (QED) is 0.536. The Kier molecular flexibility index (Phi) is 12.3. The van der Waals surface area contributed by atoms with Gasteiger partial charge in [-0.3, -0.25) is 9.59 Å². The molecule has 5 N–H and O–H groups in total. The minimum Gasteiger partial charge on any atom is -0.481 e. The van der Waals surface area contributed by atoms with Crippen LogP contribution >= 0.6 is 0 Å². The van der Waals surface area contributed by atoms with E-state index in [4.69, 9.17) is 21.1 Å². The summed E-state index contributed by atoms with van der Waals surface area (Å²) in [5.74, 6) is -1.90. The van der Waals surface area contributed by atoms with Gasteiger partial charge in [-0.15, -0.1) is 0 Å². The topological polar surface area (TPSA) is 121 Å². The first kappa shape index (κ1) is 21.2. The van der Waals surface area contributed by atoms with E-state index in [1.807, 2.05) is 27.7 Å². The van der Waals surface area contributed by atoms with Crippen LogP contribution in [0.1, 0.15) is 40.5 Å². The summed E-state index contributed by atoms with van der Waals surface area (Å²) in [5.41, 5.74) is 5.24. The molecule has 0 bridgehead atoms. The highest BCUT2D eigenvalue weighted by Crippen LogP contribution is 2.10. The fraction of sp³-hybridized carbons (Fsp3) is 0.857. The molecule has 0 heterocycles. The number of hydrogen-bond acceptors (Lipinski definition) is 4. The molecule has 20 heavy (non-hydrogen) atoms. The molecular formula is C14H29NO5. The summed E-state index contributed by atoms with van der Waals surface area (Å²) in [6, 6.07) is 0. The second-order valence-corrected chi connectivity index (χ2v) is 5.75. The van der Waals surface area contributed by atoms with Crippen LogP contribution in [0, 0.1) is 23.7 Å². The third-order valence-electron chi connectivity index (χ3n) is 2.72. The van der Waals surface area contributed by atoms with Crippen LogP contribution in [-0.2, 0) is 9.59 Å². The maximum Gasteiger partial charge on any atom is 0.308 e. The Hall–Kier alpha value is -1.14. The van der Waals surface area contributed by atoms with Crippen LogP contribution in [0.2, 0.25) is 0 Å². The average molecular weight is 291 g/mol. The van der Waals surface area contributed by atoms with Gasteiger partial charge >= 0.3 is 11.9 Å². The lowest BCUT2D eigenvalue weighted by Gasteiger charge is -2.10. The fourth-order valence-electron chi connectivity index (χ4n) is 1.69. The van der Waals surface area contributed by atoms with Crippen LogP contribution in [0.3, 0.4) is 0 Å². The molecule has 0 aliphatic carbocycles. The van der Waals surface area contributed by atoms with E-state index in [1.165, 1.54) is 0 Å². The summed E-state index contributed by atoms with van der Waals surface area (Å²) >= 11 is 0. The summed E-state index contributed by atoms with van der Waals surface area (Å²) in [6.07, 6.45) is 1.22. The molecule has 0 radical (unpaired) electrons. The van der Waals surface area contributed by atoms with Gasteiger partial charge in [-0.1, -0.05) is 27.7 Å². The number of aliphatic carboxylic acids is 2. The molecule has 0 aliphatic heterocycles. The molecule has 0 amide bonds. The zero-order valence-electron chi connectivity index (χ0n) is 12.9. The first-order valence-corrected chi connectivity index (χ1v) is 6.92. The third kappa shape index (κ3) is 11.9. The zero-order chi connectivity index (χ0) is 16.3. The van der Waals surface area contributed by atoms with Crippen molar-refractivity contribution in [2.45, 2.75) is 40.5 Å². The van der Waals surface area contributed by atoms with Gasteiger partial charge in [0.1, 0.15) is 0 Å². The maximum absolute atomic E-state index is 10.4.